The number of nitrogens with zero attached hydrogens (tertiary/aromatic N) is 1. The first-order valence-corrected chi connectivity index (χ1v) is 6.08. The van der Waals surface area contributed by atoms with Crippen molar-refractivity contribution in [2.45, 2.75) is 12.2 Å². The van der Waals surface area contributed by atoms with E-state index in [9.17, 15) is 13.2 Å². The van der Waals surface area contributed by atoms with Crippen molar-refractivity contribution in [1.82, 2.24) is 10.2 Å². The number of alkyl halides is 3. The van der Waals surface area contributed by atoms with Crippen LogP contribution in [0.25, 0.3) is 0 Å². The molecule has 5 heteroatoms. The van der Waals surface area contributed by atoms with Crippen LogP contribution in [0, 0.1) is 0 Å². The van der Waals surface area contributed by atoms with Crippen molar-refractivity contribution in [2.24, 2.45) is 0 Å². The lowest BCUT2D eigenvalue weighted by molar-refractivity contribution is -0.0952. The molecule has 3 rings (SSSR count). The van der Waals surface area contributed by atoms with Gasteiger partial charge in [-0.05, 0) is 17.7 Å². The number of fused-ring (bicyclic) bond motifs is 1. The summed E-state index contributed by atoms with van der Waals surface area (Å²) in [7, 11) is 0. The highest BCUT2D eigenvalue weighted by Gasteiger charge is 2.38. The first kappa shape index (κ1) is 12.1. The lowest BCUT2D eigenvalue weighted by atomic mass is 10.1. The summed E-state index contributed by atoms with van der Waals surface area (Å²) < 4.78 is 38.0. The maximum atomic E-state index is 12.7. The van der Waals surface area contributed by atoms with E-state index in [0.29, 0.717) is 6.54 Å². The highest BCUT2D eigenvalue weighted by Crippen LogP contribution is 2.33. The van der Waals surface area contributed by atoms with Gasteiger partial charge in [0.1, 0.15) is 5.82 Å². The van der Waals surface area contributed by atoms with Crippen LogP contribution in [-0.2, 0) is 0 Å². The van der Waals surface area contributed by atoms with Crippen molar-refractivity contribution >= 4 is 0 Å². The van der Waals surface area contributed by atoms with Gasteiger partial charge in [0, 0.05) is 13.1 Å². The predicted octanol–water partition coefficient (Wildman–Crippen LogP) is 2.98. The van der Waals surface area contributed by atoms with E-state index in [-0.39, 0.29) is 12.6 Å². The fourth-order valence-electron chi connectivity index (χ4n) is 2.43. The highest BCUT2D eigenvalue weighted by atomic mass is 19.4. The minimum Gasteiger partial charge on any atom is -0.363 e. The van der Waals surface area contributed by atoms with Crippen LogP contribution in [0.2, 0.25) is 0 Å². The van der Waals surface area contributed by atoms with E-state index >= 15 is 0 Å². The number of hydrogen-bond donors (Lipinski definition) is 1. The Bertz CT molecular complexity index is 531. The van der Waals surface area contributed by atoms with Crippen LogP contribution in [0.3, 0.4) is 0 Å². The molecule has 0 saturated carbocycles. The van der Waals surface area contributed by atoms with E-state index < -0.39 is 11.7 Å². The van der Waals surface area contributed by atoms with Crippen LogP contribution in [0.1, 0.15) is 11.6 Å². The molecule has 2 aliphatic heterocycles. The van der Waals surface area contributed by atoms with E-state index in [2.05, 4.69) is 5.32 Å². The summed E-state index contributed by atoms with van der Waals surface area (Å²) in [5.74, 6) is 0.766. The van der Waals surface area contributed by atoms with E-state index in [4.69, 9.17) is 0 Å². The first-order chi connectivity index (χ1) is 9.04. The number of rotatable bonds is 1. The third-order valence-corrected chi connectivity index (χ3v) is 3.44. The molecule has 0 aromatic heterocycles. The van der Waals surface area contributed by atoms with Crippen molar-refractivity contribution < 1.29 is 13.2 Å². The molecular formula is C14H13F3N2. The number of halogens is 3. The maximum absolute atomic E-state index is 12.7. The predicted molar refractivity (Wildman–Crippen MR) is 66.1 cm³/mol. The van der Waals surface area contributed by atoms with Crippen molar-refractivity contribution in [1.29, 1.82) is 0 Å². The zero-order chi connectivity index (χ0) is 13.5. The highest BCUT2D eigenvalue weighted by molar-refractivity contribution is 5.32. The Morgan fingerprint density at radius 3 is 2.53 bits per heavy atom. The minimum absolute atomic E-state index is 0.0495. The summed E-state index contributed by atoms with van der Waals surface area (Å²) in [6, 6.07) is 9.80. The summed E-state index contributed by atoms with van der Waals surface area (Å²) in [5.41, 5.74) is 0.595. The molecule has 2 heterocycles. The SMILES string of the molecule is FC(F)(F)C1=CC=C2NC(c3ccccc3)CN2C1. The molecule has 1 atom stereocenters. The molecule has 1 aromatic rings. The van der Waals surface area contributed by atoms with Gasteiger partial charge in [-0.1, -0.05) is 30.3 Å². The molecule has 1 saturated heterocycles. The topological polar surface area (TPSA) is 15.3 Å². The quantitative estimate of drug-likeness (QED) is 0.840. The van der Waals surface area contributed by atoms with Gasteiger partial charge in [0.2, 0.25) is 0 Å². The molecular weight excluding hydrogens is 253 g/mol. The second-order valence-corrected chi connectivity index (χ2v) is 4.73. The Labute approximate surface area is 109 Å². The third kappa shape index (κ3) is 2.32. The van der Waals surface area contributed by atoms with Gasteiger partial charge in [-0.2, -0.15) is 13.2 Å². The molecule has 0 spiro atoms. The fraction of sp³-hybridized carbons (Fsp3) is 0.286. The molecule has 2 aliphatic rings. The second-order valence-electron chi connectivity index (χ2n) is 4.73. The van der Waals surface area contributed by atoms with E-state index in [1.165, 1.54) is 6.08 Å². The standard InChI is InChI=1S/C14H13F3N2/c15-14(16,17)11-6-7-13-18-12(9-19(13)8-11)10-4-2-1-3-5-10/h1-7,12,18H,8-9H2. The Morgan fingerprint density at radius 1 is 1.11 bits per heavy atom. The Balaban J connectivity index is 1.77. The Hall–Kier alpha value is -1.91. The monoisotopic (exact) mass is 266 g/mol. The fourth-order valence-corrected chi connectivity index (χ4v) is 2.43. The van der Waals surface area contributed by atoms with Gasteiger partial charge >= 0.3 is 6.18 Å². The van der Waals surface area contributed by atoms with Crippen molar-refractivity contribution in [3.8, 4) is 0 Å². The normalized spacial score (nSPS) is 22.5. The van der Waals surface area contributed by atoms with E-state index in [1.54, 1.807) is 4.90 Å². The minimum atomic E-state index is -4.24. The molecule has 0 aliphatic carbocycles. The van der Waals surface area contributed by atoms with Crippen LogP contribution in [0.5, 0.6) is 0 Å². The van der Waals surface area contributed by atoms with Gasteiger partial charge in [0.25, 0.3) is 0 Å². The second kappa shape index (κ2) is 4.33. The van der Waals surface area contributed by atoms with Gasteiger partial charge < -0.3 is 10.2 Å². The number of nitrogens with one attached hydrogen (secondary N) is 1. The molecule has 1 unspecified atom stereocenters. The molecule has 0 radical (unpaired) electrons. The Kier molecular flexibility index (Phi) is 2.77. The number of hydrogen-bond acceptors (Lipinski definition) is 2. The summed E-state index contributed by atoms with van der Waals surface area (Å²) >= 11 is 0. The molecule has 100 valence electrons. The summed E-state index contributed by atoms with van der Waals surface area (Å²) in [4.78, 5) is 1.74. The van der Waals surface area contributed by atoms with Gasteiger partial charge in [0.15, 0.2) is 0 Å². The molecule has 0 amide bonds. The average molecular weight is 266 g/mol. The Morgan fingerprint density at radius 2 is 1.84 bits per heavy atom. The maximum Gasteiger partial charge on any atom is 0.414 e. The summed E-state index contributed by atoms with van der Waals surface area (Å²) in [5, 5.41) is 3.26. The molecule has 1 aromatic carbocycles. The average Bonchev–Trinajstić information content (AvgIpc) is 2.81. The zero-order valence-corrected chi connectivity index (χ0v) is 10.1. The summed E-state index contributed by atoms with van der Waals surface area (Å²) in [6.45, 7) is 0.481. The number of allylic oxidation sites excluding steroid dienone is 2. The van der Waals surface area contributed by atoms with Gasteiger partial charge in [-0.25, -0.2) is 0 Å². The van der Waals surface area contributed by atoms with Crippen LogP contribution < -0.4 is 5.32 Å². The summed E-state index contributed by atoms with van der Waals surface area (Å²) in [6.07, 6.45) is -1.58. The lowest BCUT2D eigenvalue weighted by Gasteiger charge is -2.24. The van der Waals surface area contributed by atoms with Gasteiger partial charge in [-0.3, -0.25) is 0 Å². The van der Waals surface area contributed by atoms with Gasteiger partial charge in [0.05, 0.1) is 11.6 Å². The van der Waals surface area contributed by atoms with Crippen molar-refractivity contribution in [3.63, 3.8) is 0 Å². The van der Waals surface area contributed by atoms with Crippen molar-refractivity contribution in [3.05, 3.63) is 59.4 Å². The molecule has 2 nitrogen and oxygen atoms in total. The van der Waals surface area contributed by atoms with Crippen LogP contribution in [0.15, 0.2) is 53.9 Å². The molecule has 0 bridgehead atoms. The van der Waals surface area contributed by atoms with Crippen molar-refractivity contribution in [2.75, 3.05) is 13.1 Å². The van der Waals surface area contributed by atoms with Crippen LogP contribution in [-0.4, -0.2) is 24.2 Å². The van der Waals surface area contributed by atoms with Gasteiger partial charge in [-0.15, -0.1) is 0 Å². The largest absolute Gasteiger partial charge is 0.414 e. The smallest absolute Gasteiger partial charge is 0.363 e. The van der Waals surface area contributed by atoms with Crippen LogP contribution in [0.4, 0.5) is 13.2 Å². The lowest BCUT2D eigenvalue weighted by Crippen LogP contribution is -2.30. The molecule has 19 heavy (non-hydrogen) atoms. The van der Waals surface area contributed by atoms with Crippen LogP contribution >= 0.6 is 0 Å². The van der Waals surface area contributed by atoms with E-state index in [1.807, 2.05) is 30.3 Å². The molecule has 1 N–H and O–H groups in total. The zero-order valence-electron chi connectivity index (χ0n) is 10.1. The first-order valence-electron chi connectivity index (χ1n) is 6.08. The molecule has 1 fully saturated rings. The third-order valence-electron chi connectivity index (χ3n) is 3.44. The van der Waals surface area contributed by atoms with E-state index in [0.717, 1.165) is 17.5 Å². The number of benzene rings is 1.